The third-order valence-corrected chi connectivity index (χ3v) is 5.55. The van der Waals surface area contributed by atoms with E-state index in [1.165, 1.54) is 0 Å². The molecular weight excluding hydrogens is 467 g/mol. The molecule has 0 bridgehead atoms. The fraction of sp³-hybridized carbons (Fsp3) is 0. The normalized spacial score (nSPS) is 10.6. The van der Waals surface area contributed by atoms with E-state index in [2.05, 4.69) is 0 Å². The molecule has 0 saturated heterocycles. The number of phenols is 1. The van der Waals surface area contributed by atoms with Gasteiger partial charge in [-0.15, -0.1) is 5.06 Å². The second-order valence-electron chi connectivity index (χ2n) is 5.47. The van der Waals surface area contributed by atoms with Gasteiger partial charge in [-0.05, 0) is 36.4 Å². The van der Waals surface area contributed by atoms with Crippen LogP contribution in [0, 0.1) is 0 Å². The Kier molecular flexibility index (Phi) is 6.48. The smallest absolute Gasteiger partial charge is 0.291 e. The van der Waals surface area contributed by atoms with Gasteiger partial charge in [0.15, 0.2) is 11.5 Å². The van der Waals surface area contributed by atoms with Crippen molar-refractivity contribution >= 4 is 69.6 Å². The molecule has 144 valence electrons. The molecule has 0 aromatic heterocycles. The Morgan fingerprint density at radius 2 is 1.32 bits per heavy atom. The maximum absolute atomic E-state index is 13.1. The van der Waals surface area contributed by atoms with Crippen LogP contribution < -0.4 is 9.90 Å². The van der Waals surface area contributed by atoms with E-state index in [4.69, 9.17) is 62.8 Å². The summed E-state index contributed by atoms with van der Waals surface area (Å²) in [5, 5.41) is 10.4. The summed E-state index contributed by atoms with van der Waals surface area (Å²) in [5.41, 5.74) is 0.700. The zero-order valence-electron chi connectivity index (χ0n) is 13.8. The zero-order chi connectivity index (χ0) is 20.4. The van der Waals surface area contributed by atoms with Gasteiger partial charge in [0.2, 0.25) is 0 Å². The summed E-state index contributed by atoms with van der Waals surface area (Å²) in [5.74, 6) is -1.18. The predicted octanol–water partition coefficient (Wildman–Crippen LogP) is 7.30. The van der Waals surface area contributed by atoms with Crippen LogP contribution in [0.25, 0.3) is 0 Å². The van der Waals surface area contributed by atoms with Gasteiger partial charge in [0.1, 0.15) is 20.1 Å². The van der Waals surface area contributed by atoms with Crippen molar-refractivity contribution < 1.29 is 14.7 Å². The van der Waals surface area contributed by atoms with Crippen LogP contribution in [0.2, 0.25) is 25.1 Å². The first kappa shape index (κ1) is 20.9. The first-order valence-electron chi connectivity index (χ1n) is 7.69. The van der Waals surface area contributed by atoms with Crippen LogP contribution in [0.1, 0.15) is 10.4 Å². The summed E-state index contributed by atoms with van der Waals surface area (Å²) in [6.07, 6.45) is 0. The number of carbonyl (C=O) groups excluding carboxylic acids is 1. The molecule has 0 radical (unpaired) electrons. The van der Waals surface area contributed by atoms with Crippen molar-refractivity contribution in [2.24, 2.45) is 0 Å². The number of nitrogens with zero attached hydrogens (tertiary/aromatic N) is 1. The lowest BCUT2D eigenvalue weighted by Crippen LogP contribution is -2.34. The molecule has 0 fully saturated rings. The second-order valence-corrected chi connectivity index (χ2v) is 7.42. The van der Waals surface area contributed by atoms with Crippen molar-refractivity contribution in [2.75, 3.05) is 5.06 Å². The van der Waals surface area contributed by atoms with Crippen molar-refractivity contribution in [3.05, 3.63) is 85.3 Å². The minimum Gasteiger partial charge on any atom is -0.505 e. The number of carbonyl (C=O) groups is 1. The van der Waals surface area contributed by atoms with Crippen molar-refractivity contribution in [3.63, 3.8) is 0 Å². The van der Waals surface area contributed by atoms with E-state index in [1.54, 1.807) is 54.6 Å². The largest absolute Gasteiger partial charge is 0.505 e. The Bertz CT molecular complexity index is 997. The molecule has 3 rings (SSSR count). The Balaban J connectivity index is 2.11. The number of rotatable bonds is 4. The number of amides is 1. The van der Waals surface area contributed by atoms with E-state index in [-0.39, 0.29) is 25.8 Å². The minimum atomic E-state index is -0.504. The van der Waals surface area contributed by atoms with Gasteiger partial charge in [0.25, 0.3) is 5.91 Å². The lowest BCUT2D eigenvalue weighted by Gasteiger charge is -2.24. The van der Waals surface area contributed by atoms with Crippen molar-refractivity contribution in [3.8, 4) is 11.5 Å². The van der Waals surface area contributed by atoms with Crippen LogP contribution in [-0.2, 0) is 0 Å². The molecule has 0 atom stereocenters. The standard InChI is InChI=1S/C19H10Cl5NO3/c20-11-6-8-12(9-7-11)25(19(27)10-4-2-1-3-5-10)28-18-15(23)13(21)17(26)14(22)16(18)24/h1-9,26H. The van der Waals surface area contributed by atoms with Gasteiger partial charge in [0, 0.05) is 10.6 Å². The molecule has 0 aliphatic rings. The monoisotopic (exact) mass is 475 g/mol. The maximum atomic E-state index is 13.1. The minimum absolute atomic E-state index is 0.185. The number of halogens is 5. The average molecular weight is 478 g/mol. The van der Waals surface area contributed by atoms with Crippen LogP contribution in [0.4, 0.5) is 5.69 Å². The van der Waals surface area contributed by atoms with Crippen LogP contribution in [0.15, 0.2) is 54.6 Å². The molecule has 0 heterocycles. The first-order valence-corrected chi connectivity index (χ1v) is 9.58. The summed E-state index contributed by atoms with van der Waals surface area (Å²) in [6.45, 7) is 0. The molecule has 4 nitrogen and oxygen atoms in total. The Morgan fingerprint density at radius 3 is 1.86 bits per heavy atom. The number of hydrogen-bond donors (Lipinski definition) is 1. The summed E-state index contributed by atoms with van der Waals surface area (Å²) in [4.78, 5) is 18.8. The van der Waals surface area contributed by atoms with Gasteiger partial charge in [-0.3, -0.25) is 4.79 Å². The quantitative estimate of drug-likeness (QED) is 0.317. The van der Waals surface area contributed by atoms with E-state index < -0.39 is 11.7 Å². The van der Waals surface area contributed by atoms with E-state index in [9.17, 15) is 9.90 Å². The Hall–Kier alpha value is -1.82. The molecule has 0 saturated carbocycles. The van der Waals surface area contributed by atoms with E-state index in [0.717, 1.165) is 5.06 Å². The number of aromatic hydroxyl groups is 1. The molecule has 0 aliphatic carbocycles. The lowest BCUT2D eigenvalue weighted by atomic mass is 10.2. The van der Waals surface area contributed by atoms with Crippen LogP contribution >= 0.6 is 58.0 Å². The van der Waals surface area contributed by atoms with Crippen molar-refractivity contribution in [2.45, 2.75) is 0 Å². The summed E-state index contributed by atoms with van der Waals surface area (Å²) in [6, 6.07) is 14.8. The molecule has 0 aliphatic heterocycles. The molecule has 9 heteroatoms. The van der Waals surface area contributed by atoms with Gasteiger partial charge in [0.05, 0.1) is 5.69 Å². The molecule has 0 unspecified atom stereocenters. The van der Waals surface area contributed by atoms with Gasteiger partial charge in [-0.1, -0.05) is 76.2 Å². The number of benzene rings is 3. The van der Waals surface area contributed by atoms with Crippen molar-refractivity contribution in [1.29, 1.82) is 0 Å². The average Bonchev–Trinajstić information content (AvgIpc) is 2.72. The van der Waals surface area contributed by atoms with Crippen molar-refractivity contribution in [1.82, 2.24) is 0 Å². The predicted molar refractivity (Wildman–Crippen MR) is 113 cm³/mol. The number of hydroxylamine groups is 1. The van der Waals surface area contributed by atoms with Gasteiger partial charge in [-0.2, -0.15) is 0 Å². The number of phenolic OH excluding ortho intramolecular Hbond substituents is 1. The Labute approximate surface area is 185 Å². The topological polar surface area (TPSA) is 49.8 Å². The molecule has 1 N–H and O–H groups in total. The van der Waals surface area contributed by atoms with Gasteiger partial charge >= 0.3 is 0 Å². The number of anilines is 1. The van der Waals surface area contributed by atoms with Gasteiger partial charge < -0.3 is 9.94 Å². The lowest BCUT2D eigenvalue weighted by molar-refractivity contribution is 0.0880. The highest BCUT2D eigenvalue weighted by atomic mass is 35.5. The number of hydrogen-bond acceptors (Lipinski definition) is 3. The summed E-state index contributed by atoms with van der Waals surface area (Å²) < 4.78 is 0. The van der Waals surface area contributed by atoms with Crippen LogP contribution in [-0.4, -0.2) is 11.0 Å². The maximum Gasteiger partial charge on any atom is 0.291 e. The fourth-order valence-electron chi connectivity index (χ4n) is 2.26. The third-order valence-electron chi connectivity index (χ3n) is 3.65. The highest BCUT2D eigenvalue weighted by Gasteiger charge is 2.27. The van der Waals surface area contributed by atoms with E-state index >= 15 is 0 Å². The molecular formula is C19H10Cl5NO3. The summed E-state index contributed by atoms with van der Waals surface area (Å²) >= 11 is 30.2. The highest BCUT2D eigenvalue weighted by molar-refractivity contribution is 6.50. The molecule has 28 heavy (non-hydrogen) atoms. The Morgan fingerprint density at radius 1 is 0.786 bits per heavy atom. The summed E-state index contributed by atoms with van der Waals surface area (Å²) in [7, 11) is 0. The molecule has 1 amide bonds. The molecule has 3 aromatic carbocycles. The molecule has 3 aromatic rings. The zero-order valence-corrected chi connectivity index (χ0v) is 17.6. The SMILES string of the molecule is O=C(c1ccccc1)N(Oc1c(Cl)c(Cl)c(O)c(Cl)c1Cl)c1ccc(Cl)cc1. The fourth-order valence-corrected chi connectivity index (χ4v) is 3.28. The third kappa shape index (κ3) is 4.12. The van der Waals surface area contributed by atoms with Gasteiger partial charge in [-0.25, -0.2) is 0 Å². The molecule has 0 spiro atoms. The van der Waals surface area contributed by atoms with Crippen LogP contribution in [0.3, 0.4) is 0 Å². The van der Waals surface area contributed by atoms with Crippen LogP contribution in [0.5, 0.6) is 11.5 Å². The highest BCUT2D eigenvalue weighted by Crippen LogP contribution is 2.49. The van der Waals surface area contributed by atoms with E-state index in [0.29, 0.717) is 16.3 Å². The first-order chi connectivity index (χ1) is 13.3. The second kappa shape index (κ2) is 8.68. The van der Waals surface area contributed by atoms with E-state index in [1.807, 2.05) is 0 Å².